The number of hydrogen-bond acceptors (Lipinski definition) is 2. The van der Waals surface area contributed by atoms with Crippen molar-refractivity contribution in [3.05, 3.63) is 0 Å². The molecule has 0 aromatic rings. The van der Waals surface area contributed by atoms with Crippen molar-refractivity contribution < 1.29 is 18.3 Å². The van der Waals surface area contributed by atoms with E-state index in [1.807, 2.05) is 0 Å². The molecule has 2 N–H and O–H groups in total. The monoisotopic (exact) mass is 185 g/mol. The fraction of sp³-hybridized carbons (Fsp3) is 1.00. The van der Waals surface area contributed by atoms with Gasteiger partial charge in [-0.05, 0) is 19.4 Å². The molecule has 12 heavy (non-hydrogen) atoms. The Hall–Kier alpha value is -0.290. The molecule has 0 radical (unpaired) electrons. The van der Waals surface area contributed by atoms with Crippen LogP contribution in [0.15, 0.2) is 0 Å². The van der Waals surface area contributed by atoms with Gasteiger partial charge in [0.15, 0.2) is 0 Å². The molecule has 0 saturated heterocycles. The Morgan fingerprint density at radius 3 is 2.25 bits per heavy atom. The zero-order valence-electron chi connectivity index (χ0n) is 6.82. The van der Waals surface area contributed by atoms with Crippen LogP contribution in [0.3, 0.4) is 0 Å². The van der Waals surface area contributed by atoms with Crippen LogP contribution in [0.4, 0.5) is 13.2 Å². The van der Waals surface area contributed by atoms with E-state index in [0.717, 1.165) is 0 Å². The van der Waals surface area contributed by atoms with E-state index in [4.69, 9.17) is 5.11 Å². The summed E-state index contributed by atoms with van der Waals surface area (Å²) in [7, 11) is 0. The Morgan fingerprint density at radius 2 is 1.75 bits per heavy atom. The molecule has 0 fully saturated rings. The summed E-state index contributed by atoms with van der Waals surface area (Å²) in [5, 5.41) is 11.0. The molecule has 0 saturated carbocycles. The van der Waals surface area contributed by atoms with Crippen molar-refractivity contribution in [1.29, 1.82) is 0 Å². The van der Waals surface area contributed by atoms with Crippen molar-refractivity contribution in [2.45, 2.75) is 25.4 Å². The van der Waals surface area contributed by atoms with Crippen molar-refractivity contribution in [1.82, 2.24) is 5.32 Å². The normalized spacial score (nSPS) is 12.0. The molecule has 74 valence electrons. The summed E-state index contributed by atoms with van der Waals surface area (Å²) in [6.07, 6.45) is -3.50. The minimum absolute atomic E-state index is 0.0328. The molecule has 0 aromatic carbocycles. The first kappa shape index (κ1) is 11.7. The summed E-state index contributed by atoms with van der Waals surface area (Å²) in [4.78, 5) is 0. The number of aliphatic hydroxyl groups excluding tert-OH is 1. The minimum atomic E-state index is -4.07. The standard InChI is InChI=1S/C7H14F3NO/c8-7(9,10)3-5-11-4-1-2-6-12/h11-12H,1-6H2. The highest BCUT2D eigenvalue weighted by molar-refractivity contribution is 4.54. The fourth-order valence-corrected chi connectivity index (χ4v) is 0.717. The van der Waals surface area contributed by atoms with Crippen LogP contribution in [0.25, 0.3) is 0 Å². The largest absolute Gasteiger partial charge is 0.396 e. The number of aliphatic hydroxyl groups is 1. The second-order valence-corrected chi connectivity index (χ2v) is 2.55. The van der Waals surface area contributed by atoms with Gasteiger partial charge >= 0.3 is 6.18 Å². The third-order valence-corrected chi connectivity index (χ3v) is 1.35. The predicted molar refractivity (Wildman–Crippen MR) is 39.9 cm³/mol. The van der Waals surface area contributed by atoms with E-state index in [0.29, 0.717) is 19.4 Å². The average Bonchev–Trinajstić information content (AvgIpc) is 1.94. The Bertz CT molecular complexity index is 105. The molecule has 0 aromatic heterocycles. The van der Waals surface area contributed by atoms with Crippen LogP contribution in [0.2, 0.25) is 0 Å². The first-order valence-corrected chi connectivity index (χ1v) is 3.94. The van der Waals surface area contributed by atoms with Gasteiger partial charge in [-0.25, -0.2) is 0 Å². The number of unbranched alkanes of at least 4 members (excludes halogenated alkanes) is 1. The summed E-state index contributed by atoms with van der Waals surface area (Å²) >= 11 is 0. The van der Waals surface area contributed by atoms with Crippen molar-refractivity contribution in [2.75, 3.05) is 19.7 Å². The van der Waals surface area contributed by atoms with E-state index in [9.17, 15) is 13.2 Å². The first-order valence-electron chi connectivity index (χ1n) is 3.94. The highest BCUT2D eigenvalue weighted by atomic mass is 19.4. The molecular weight excluding hydrogens is 171 g/mol. The third kappa shape index (κ3) is 9.71. The van der Waals surface area contributed by atoms with E-state index < -0.39 is 12.6 Å². The SMILES string of the molecule is OCCCCNCCC(F)(F)F. The Kier molecular flexibility index (Phi) is 6.10. The summed E-state index contributed by atoms with van der Waals surface area (Å²) in [6, 6.07) is 0. The molecule has 0 atom stereocenters. The van der Waals surface area contributed by atoms with E-state index in [1.165, 1.54) is 0 Å². The van der Waals surface area contributed by atoms with Gasteiger partial charge < -0.3 is 10.4 Å². The van der Waals surface area contributed by atoms with Crippen molar-refractivity contribution in [3.63, 3.8) is 0 Å². The van der Waals surface area contributed by atoms with Gasteiger partial charge in [0.25, 0.3) is 0 Å². The maximum absolute atomic E-state index is 11.6. The molecule has 0 unspecified atom stereocenters. The number of hydrogen-bond donors (Lipinski definition) is 2. The van der Waals surface area contributed by atoms with Gasteiger partial charge in [-0.3, -0.25) is 0 Å². The van der Waals surface area contributed by atoms with Gasteiger partial charge in [-0.2, -0.15) is 13.2 Å². The lowest BCUT2D eigenvalue weighted by Gasteiger charge is -2.06. The molecule has 0 heterocycles. The Morgan fingerprint density at radius 1 is 1.08 bits per heavy atom. The molecular formula is C7H14F3NO. The first-order chi connectivity index (χ1) is 5.56. The second-order valence-electron chi connectivity index (χ2n) is 2.55. The summed E-state index contributed by atoms with van der Waals surface area (Å²) < 4.78 is 34.7. The van der Waals surface area contributed by atoms with E-state index in [1.54, 1.807) is 0 Å². The number of alkyl halides is 3. The zero-order valence-corrected chi connectivity index (χ0v) is 6.82. The van der Waals surface area contributed by atoms with Crippen LogP contribution in [0.1, 0.15) is 19.3 Å². The summed E-state index contributed by atoms with van der Waals surface area (Å²) in [5.41, 5.74) is 0. The van der Waals surface area contributed by atoms with Crippen LogP contribution in [0.5, 0.6) is 0 Å². The fourth-order valence-electron chi connectivity index (χ4n) is 0.717. The quantitative estimate of drug-likeness (QED) is 0.611. The average molecular weight is 185 g/mol. The topological polar surface area (TPSA) is 32.3 Å². The molecule has 0 amide bonds. The third-order valence-electron chi connectivity index (χ3n) is 1.35. The van der Waals surface area contributed by atoms with Crippen LogP contribution in [-0.2, 0) is 0 Å². The second kappa shape index (κ2) is 6.25. The maximum atomic E-state index is 11.6. The van der Waals surface area contributed by atoms with E-state index in [2.05, 4.69) is 5.32 Å². The number of halogens is 3. The Balaban J connectivity index is 3.01. The Labute approximate surface area is 69.8 Å². The van der Waals surface area contributed by atoms with Gasteiger partial charge in [-0.15, -0.1) is 0 Å². The number of rotatable bonds is 6. The van der Waals surface area contributed by atoms with Gasteiger partial charge in [0.1, 0.15) is 0 Å². The molecule has 5 heteroatoms. The molecule has 0 aliphatic rings. The highest BCUT2D eigenvalue weighted by Gasteiger charge is 2.25. The van der Waals surface area contributed by atoms with Crippen LogP contribution < -0.4 is 5.32 Å². The lowest BCUT2D eigenvalue weighted by Crippen LogP contribution is -2.22. The predicted octanol–water partition coefficient (Wildman–Crippen LogP) is 1.30. The minimum Gasteiger partial charge on any atom is -0.396 e. The van der Waals surface area contributed by atoms with E-state index in [-0.39, 0.29) is 13.2 Å². The van der Waals surface area contributed by atoms with Crippen LogP contribution in [-0.4, -0.2) is 31.0 Å². The van der Waals surface area contributed by atoms with Gasteiger partial charge in [0.2, 0.25) is 0 Å². The van der Waals surface area contributed by atoms with Gasteiger partial charge in [0.05, 0.1) is 6.42 Å². The molecule has 0 rings (SSSR count). The molecule has 0 spiro atoms. The smallest absolute Gasteiger partial charge is 0.390 e. The lowest BCUT2D eigenvalue weighted by atomic mass is 10.3. The lowest BCUT2D eigenvalue weighted by molar-refractivity contribution is -0.133. The van der Waals surface area contributed by atoms with Gasteiger partial charge in [-0.1, -0.05) is 0 Å². The van der Waals surface area contributed by atoms with Crippen molar-refractivity contribution in [3.8, 4) is 0 Å². The van der Waals surface area contributed by atoms with Crippen molar-refractivity contribution >= 4 is 0 Å². The van der Waals surface area contributed by atoms with Crippen LogP contribution in [0, 0.1) is 0 Å². The zero-order chi connectivity index (χ0) is 9.45. The summed E-state index contributed by atoms with van der Waals surface area (Å²) in [6.45, 7) is 0.604. The highest BCUT2D eigenvalue weighted by Crippen LogP contribution is 2.17. The summed E-state index contributed by atoms with van der Waals surface area (Å²) in [5.74, 6) is 0. The maximum Gasteiger partial charge on any atom is 0.390 e. The van der Waals surface area contributed by atoms with Gasteiger partial charge in [0, 0.05) is 13.2 Å². The van der Waals surface area contributed by atoms with Crippen molar-refractivity contribution in [2.24, 2.45) is 0 Å². The molecule has 0 bridgehead atoms. The molecule has 0 aliphatic carbocycles. The molecule has 2 nitrogen and oxygen atoms in total. The van der Waals surface area contributed by atoms with Crippen LogP contribution >= 0.6 is 0 Å². The molecule has 0 aliphatic heterocycles. The number of nitrogens with one attached hydrogen (secondary N) is 1. The van der Waals surface area contributed by atoms with E-state index >= 15 is 0 Å².